The molecule has 0 atom stereocenters. The van der Waals surface area contributed by atoms with E-state index in [1.54, 1.807) is 4.57 Å². The van der Waals surface area contributed by atoms with Gasteiger partial charge < -0.3 is 4.57 Å². The van der Waals surface area contributed by atoms with Gasteiger partial charge >= 0.3 is 0 Å². The minimum absolute atomic E-state index is 0.290. The van der Waals surface area contributed by atoms with Crippen molar-refractivity contribution in [1.29, 1.82) is 0 Å². The third-order valence-electron chi connectivity index (χ3n) is 3.11. The zero-order chi connectivity index (χ0) is 13.6. The summed E-state index contributed by atoms with van der Waals surface area (Å²) < 4.78 is 28.4. The molecule has 0 N–H and O–H groups in total. The van der Waals surface area contributed by atoms with E-state index in [4.69, 9.17) is 0 Å². The van der Waals surface area contributed by atoms with Gasteiger partial charge in [0.25, 0.3) is 0 Å². The maximum atomic E-state index is 13.4. The van der Waals surface area contributed by atoms with Crippen LogP contribution in [-0.2, 0) is 5.45 Å². The highest BCUT2D eigenvalue weighted by Gasteiger charge is 2.11. The Kier molecular flexibility index (Phi) is 2.86. The van der Waals surface area contributed by atoms with Gasteiger partial charge in [-0.3, -0.25) is 4.79 Å². The van der Waals surface area contributed by atoms with Crippen LogP contribution in [0.3, 0.4) is 0 Å². The number of rotatable bonds is 1. The lowest BCUT2D eigenvalue weighted by Crippen LogP contribution is -2.10. The van der Waals surface area contributed by atoms with E-state index in [9.17, 15) is 13.6 Å². The van der Waals surface area contributed by atoms with Crippen LogP contribution >= 0.6 is 15.9 Å². The fourth-order valence-electron chi connectivity index (χ4n) is 2.25. The smallest absolute Gasteiger partial charge is 0.197 e. The summed E-state index contributed by atoms with van der Waals surface area (Å²) >= 11 is 3.31. The van der Waals surface area contributed by atoms with Crippen LogP contribution < -0.4 is 5.43 Å². The molecule has 0 radical (unpaired) electrons. The summed E-state index contributed by atoms with van der Waals surface area (Å²) in [6.45, 7) is 0. The van der Waals surface area contributed by atoms with Gasteiger partial charge in [-0.25, -0.2) is 8.78 Å². The highest BCUT2D eigenvalue weighted by Crippen LogP contribution is 2.21. The molecule has 96 valence electrons. The second-order valence-corrected chi connectivity index (χ2v) is 4.70. The number of nitrogens with zero attached hydrogens (tertiary/aromatic N) is 1. The lowest BCUT2D eigenvalue weighted by molar-refractivity contribution is 0.627. The summed E-state index contributed by atoms with van der Waals surface area (Å²) in [6, 6.07) is 7.98. The van der Waals surface area contributed by atoms with Crippen LogP contribution in [0.1, 0.15) is 0 Å². The molecule has 5 heteroatoms. The van der Waals surface area contributed by atoms with Gasteiger partial charge in [0.15, 0.2) is 5.43 Å². The molecule has 1 heterocycles. The van der Waals surface area contributed by atoms with Gasteiger partial charge in [-0.2, -0.15) is 0 Å². The zero-order valence-electron chi connectivity index (χ0n) is 9.66. The third kappa shape index (κ3) is 1.85. The lowest BCUT2D eigenvalue weighted by atomic mass is 10.1. The van der Waals surface area contributed by atoms with Crippen molar-refractivity contribution in [2.45, 2.75) is 5.45 Å². The predicted octanol–water partition coefficient (Wildman–Crippen LogP) is 3.79. The molecule has 19 heavy (non-hydrogen) atoms. The Morgan fingerprint density at radius 2 is 1.63 bits per heavy atom. The van der Waals surface area contributed by atoms with E-state index in [0.717, 1.165) is 0 Å². The maximum absolute atomic E-state index is 13.4. The molecule has 3 aromatic rings. The molecular formula is C14H8BrF2NO. The molecule has 0 fully saturated rings. The number of hydrogen-bond acceptors (Lipinski definition) is 1. The molecule has 0 amide bonds. The van der Waals surface area contributed by atoms with E-state index in [0.29, 0.717) is 27.3 Å². The number of benzene rings is 2. The molecular weight excluding hydrogens is 316 g/mol. The van der Waals surface area contributed by atoms with Crippen molar-refractivity contribution in [3.05, 3.63) is 58.3 Å². The Balaban J connectivity index is 2.64. The SMILES string of the molecule is O=c1c2cc(F)ccc2n(CBr)c2cc(F)ccc12. The summed E-state index contributed by atoms with van der Waals surface area (Å²) in [5.74, 6) is -0.879. The molecule has 0 spiro atoms. The highest BCUT2D eigenvalue weighted by atomic mass is 79.9. The fourth-order valence-corrected chi connectivity index (χ4v) is 2.79. The second kappa shape index (κ2) is 4.42. The van der Waals surface area contributed by atoms with Gasteiger partial charge in [-0.05, 0) is 36.4 Å². The molecule has 3 rings (SSSR count). The molecule has 0 aliphatic carbocycles. The molecule has 2 aromatic carbocycles. The largest absolute Gasteiger partial charge is 0.330 e. The van der Waals surface area contributed by atoms with Crippen molar-refractivity contribution in [2.75, 3.05) is 0 Å². The summed E-state index contributed by atoms with van der Waals surface area (Å²) in [7, 11) is 0. The first kappa shape index (κ1) is 12.3. The average Bonchev–Trinajstić information content (AvgIpc) is 2.40. The summed E-state index contributed by atoms with van der Waals surface area (Å²) in [4.78, 5) is 12.3. The van der Waals surface area contributed by atoms with E-state index in [1.807, 2.05) is 0 Å². The van der Waals surface area contributed by atoms with Gasteiger partial charge in [0.2, 0.25) is 0 Å². The van der Waals surface area contributed by atoms with Crippen LogP contribution in [0, 0.1) is 11.6 Å². The standard InChI is InChI=1S/C14H8BrF2NO/c15-7-18-12-4-2-8(16)5-11(12)14(19)10-3-1-9(17)6-13(10)18/h1-6H,7H2. The molecule has 0 aliphatic heterocycles. The fraction of sp³-hybridized carbons (Fsp3) is 0.0714. The number of halogens is 3. The van der Waals surface area contributed by atoms with Crippen LogP contribution in [0.5, 0.6) is 0 Å². The zero-order valence-corrected chi connectivity index (χ0v) is 11.2. The van der Waals surface area contributed by atoms with E-state index in [2.05, 4.69) is 15.9 Å². The van der Waals surface area contributed by atoms with Gasteiger partial charge in [0.05, 0.1) is 16.5 Å². The van der Waals surface area contributed by atoms with Crippen molar-refractivity contribution in [1.82, 2.24) is 4.57 Å². The first-order chi connectivity index (χ1) is 9.11. The number of hydrogen-bond donors (Lipinski definition) is 0. The summed E-state index contributed by atoms with van der Waals surface area (Å²) in [5.41, 5.74) is 1.15. The van der Waals surface area contributed by atoms with E-state index < -0.39 is 11.6 Å². The molecule has 2 nitrogen and oxygen atoms in total. The highest BCUT2D eigenvalue weighted by molar-refractivity contribution is 9.08. The van der Waals surface area contributed by atoms with Crippen LogP contribution in [0.2, 0.25) is 0 Å². The Bertz CT molecular complexity index is 857. The predicted molar refractivity (Wildman–Crippen MR) is 74.6 cm³/mol. The molecule has 0 unspecified atom stereocenters. The Morgan fingerprint density at radius 3 is 2.37 bits per heavy atom. The van der Waals surface area contributed by atoms with Crippen molar-refractivity contribution in [3.63, 3.8) is 0 Å². The Labute approximate surface area is 115 Å². The van der Waals surface area contributed by atoms with Crippen molar-refractivity contribution in [2.24, 2.45) is 0 Å². The topological polar surface area (TPSA) is 22.0 Å². The summed E-state index contributed by atoms with van der Waals surface area (Å²) in [5, 5.41) is 0.664. The van der Waals surface area contributed by atoms with E-state index in [-0.39, 0.29) is 5.43 Å². The van der Waals surface area contributed by atoms with Crippen molar-refractivity contribution in [3.8, 4) is 0 Å². The van der Waals surface area contributed by atoms with E-state index >= 15 is 0 Å². The lowest BCUT2D eigenvalue weighted by Gasteiger charge is -2.12. The first-order valence-corrected chi connectivity index (χ1v) is 6.71. The number of pyridine rings is 1. The molecule has 0 saturated heterocycles. The number of fused-ring (bicyclic) bond motifs is 2. The third-order valence-corrected chi connectivity index (χ3v) is 3.61. The van der Waals surface area contributed by atoms with Gasteiger partial charge in [0, 0.05) is 10.8 Å². The van der Waals surface area contributed by atoms with Crippen LogP contribution in [0.25, 0.3) is 21.8 Å². The molecule has 0 aliphatic rings. The Morgan fingerprint density at radius 1 is 0.947 bits per heavy atom. The van der Waals surface area contributed by atoms with Crippen molar-refractivity contribution >= 4 is 37.7 Å². The number of alkyl halides is 1. The molecule has 0 saturated carbocycles. The number of aromatic nitrogens is 1. The average molecular weight is 324 g/mol. The van der Waals surface area contributed by atoms with Crippen LogP contribution in [-0.4, -0.2) is 4.57 Å². The monoisotopic (exact) mass is 323 g/mol. The van der Waals surface area contributed by atoms with E-state index in [1.165, 1.54) is 36.4 Å². The minimum atomic E-state index is -0.466. The normalized spacial score (nSPS) is 11.3. The Hall–Kier alpha value is -1.75. The minimum Gasteiger partial charge on any atom is -0.330 e. The summed E-state index contributed by atoms with van der Waals surface area (Å²) in [6.07, 6.45) is 0. The maximum Gasteiger partial charge on any atom is 0.197 e. The quantitative estimate of drug-likeness (QED) is 0.493. The van der Waals surface area contributed by atoms with Crippen LogP contribution in [0.4, 0.5) is 8.78 Å². The second-order valence-electron chi connectivity index (χ2n) is 4.20. The van der Waals surface area contributed by atoms with Gasteiger partial charge in [-0.1, -0.05) is 15.9 Å². The molecule has 0 bridgehead atoms. The van der Waals surface area contributed by atoms with Gasteiger partial charge in [-0.15, -0.1) is 0 Å². The first-order valence-electron chi connectivity index (χ1n) is 5.59. The van der Waals surface area contributed by atoms with Crippen molar-refractivity contribution < 1.29 is 8.78 Å². The van der Waals surface area contributed by atoms with Gasteiger partial charge in [0.1, 0.15) is 11.6 Å². The molecule has 1 aromatic heterocycles. The van der Waals surface area contributed by atoms with Crippen LogP contribution in [0.15, 0.2) is 41.2 Å².